The highest BCUT2D eigenvalue weighted by molar-refractivity contribution is 5.54. The number of ether oxygens (including phenoxy) is 1. The highest BCUT2D eigenvalue weighted by Crippen LogP contribution is 2.19. The van der Waals surface area contributed by atoms with Crippen LogP contribution in [0, 0.1) is 0 Å². The summed E-state index contributed by atoms with van der Waals surface area (Å²) in [5, 5.41) is 3.12. The first-order valence-electron chi connectivity index (χ1n) is 5.98. The highest BCUT2D eigenvalue weighted by Gasteiger charge is 2.09. The van der Waals surface area contributed by atoms with Crippen LogP contribution in [0.3, 0.4) is 0 Å². The molecule has 96 valence electrons. The van der Waals surface area contributed by atoms with Crippen molar-refractivity contribution in [3.63, 3.8) is 0 Å². The molecule has 0 aromatic carbocycles. The van der Waals surface area contributed by atoms with Crippen LogP contribution in [0.5, 0.6) is 6.01 Å². The first kappa shape index (κ1) is 12.3. The van der Waals surface area contributed by atoms with Gasteiger partial charge >= 0.3 is 6.01 Å². The van der Waals surface area contributed by atoms with E-state index in [0.29, 0.717) is 24.4 Å². The molecular weight excluding hydrogens is 232 g/mol. The molecule has 0 saturated carbocycles. The molecule has 2 rings (SSSR count). The van der Waals surface area contributed by atoms with Crippen molar-refractivity contribution in [2.45, 2.75) is 20.3 Å². The van der Waals surface area contributed by atoms with Crippen LogP contribution >= 0.6 is 0 Å². The minimum absolute atomic E-state index is 0.322. The Morgan fingerprint density at radius 2 is 2.17 bits per heavy atom. The average molecular weight is 248 g/mol. The molecule has 0 atom stereocenters. The summed E-state index contributed by atoms with van der Waals surface area (Å²) in [7, 11) is 0. The summed E-state index contributed by atoms with van der Waals surface area (Å²) < 4.78 is 10.4. The molecule has 0 spiro atoms. The second-order valence-corrected chi connectivity index (χ2v) is 3.64. The van der Waals surface area contributed by atoms with Gasteiger partial charge in [-0.2, -0.15) is 15.0 Å². The van der Waals surface area contributed by atoms with Crippen LogP contribution in [0.25, 0.3) is 11.4 Å². The summed E-state index contributed by atoms with van der Waals surface area (Å²) in [5.74, 6) is 1.06. The molecule has 6 nitrogen and oxygen atoms in total. The van der Waals surface area contributed by atoms with E-state index < -0.39 is 0 Å². The number of aromatic nitrogens is 3. The molecule has 0 unspecified atom stereocenters. The Bertz CT molecular complexity index is 485. The maximum atomic E-state index is 5.33. The zero-order valence-electron chi connectivity index (χ0n) is 10.5. The van der Waals surface area contributed by atoms with Crippen LogP contribution in [0.1, 0.15) is 20.3 Å². The Labute approximate surface area is 105 Å². The molecule has 0 saturated heterocycles. The third-order valence-corrected chi connectivity index (χ3v) is 2.20. The normalized spacial score (nSPS) is 10.3. The predicted molar refractivity (Wildman–Crippen MR) is 67.5 cm³/mol. The van der Waals surface area contributed by atoms with E-state index in [1.807, 2.05) is 6.92 Å². The van der Waals surface area contributed by atoms with Gasteiger partial charge in [-0.1, -0.05) is 6.92 Å². The lowest BCUT2D eigenvalue weighted by Gasteiger charge is -2.07. The second kappa shape index (κ2) is 6.00. The zero-order valence-corrected chi connectivity index (χ0v) is 10.5. The van der Waals surface area contributed by atoms with Crippen molar-refractivity contribution >= 4 is 5.95 Å². The smallest absolute Gasteiger partial charge is 0.321 e. The highest BCUT2D eigenvalue weighted by atomic mass is 16.5. The molecule has 0 amide bonds. The summed E-state index contributed by atoms with van der Waals surface area (Å²) in [6.45, 7) is 5.29. The first-order chi connectivity index (χ1) is 8.83. The topological polar surface area (TPSA) is 73.1 Å². The molecule has 18 heavy (non-hydrogen) atoms. The summed E-state index contributed by atoms with van der Waals surface area (Å²) in [4.78, 5) is 12.7. The molecule has 2 heterocycles. The SMILES string of the molecule is CCCNc1nc(OCC)nc(-c2ccoc2)n1. The van der Waals surface area contributed by atoms with Crippen LogP contribution in [-0.4, -0.2) is 28.1 Å². The minimum atomic E-state index is 0.322. The van der Waals surface area contributed by atoms with E-state index in [1.165, 1.54) is 0 Å². The van der Waals surface area contributed by atoms with Gasteiger partial charge in [0.1, 0.15) is 6.26 Å². The van der Waals surface area contributed by atoms with Crippen LogP contribution in [0.4, 0.5) is 5.95 Å². The fourth-order valence-corrected chi connectivity index (χ4v) is 1.39. The van der Waals surface area contributed by atoms with Gasteiger partial charge < -0.3 is 14.5 Å². The third-order valence-electron chi connectivity index (χ3n) is 2.20. The van der Waals surface area contributed by atoms with E-state index in [1.54, 1.807) is 18.6 Å². The fraction of sp³-hybridized carbons (Fsp3) is 0.417. The summed E-state index contributed by atoms with van der Waals surface area (Å²) in [5.41, 5.74) is 0.804. The molecule has 6 heteroatoms. The number of rotatable bonds is 6. The lowest BCUT2D eigenvalue weighted by Crippen LogP contribution is -2.08. The maximum Gasteiger partial charge on any atom is 0.321 e. The van der Waals surface area contributed by atoms with Gasteiger partial charge in [0.05, 0.1) is 18.4 Å². The average Bonchev–Trinajstić information content (AvgIpc) is 2.90. The number of hydrogen-bond donors (Lipinski definition) is 1. The molecule has 0 aliphatic heterocycles. The number of nitrogens with zero attached hydrogens (tertiary/aromatic N) is 3. The Kier molecular flexibility index (Phi) is 4.11. The van der Waals surface area contributed by atoms with Crippen molar-refractivity contribution in [2.75, 3.05) is 18.5 Å². The van der Waals surface area contributed by atoms with Crippen LogP contribution < -0.4 is 10.1 Å². The van der Waals surface area contributed by atoms with E-state index in [0.717, 1.165) is 18.5 Å². The molecule has 0 bridgehead atoms. The van der Waals surface area contributed by atoms with Crippen molar-refractivity contribution in [1.82, 2.24) is 15.0 Å². The number of anilines is 1. The molecule has 2 aromatic rings. The molecule has 0 aliphatic carbocycles. The summed E-state index contributed by atoms with van der Waals surface area (Å²) in [6.07, 6.45) is 4.17. The van der Waals surface area contributed by atoms with Crippen LogP contribution in [0.2, 0.25) is 0 Å². The van der Waals surface area contributed by atoms with Crippen molar-refractivity contribution < 1.29 is 9.15 Å². The van der Waals surface area contributed by atoms with Gasteiger partial charge in [0.2, 0.25) is 5.95 Å². The Hall–Kier alpha value is -2.11. The van der Waals surface area contributed by atoms with Gasteiger partial charge in [-0.25, -0.2) is 0 Å². The van der Waals surface area contributed by atoms with Crippen molar-refractivity contribution in [2.24, 2.45) is 0 Å². The zero-order chi connectivity index (χ0) is 12.8. The van der Waals surface area contributed by atoms with Gasteiger partial charge in [0.25, 0.3) is 0 Å². The predicted octanol–water partition coefficient (Wildman–Crippen LogP) is 2.35. The van der Waals surface area contributed by atoms with Crippen molar-refractivity contribution in [3.05, 3.63) is 18.6 Å². The summed E-state index contributed by atoms with van der Waals surface area (Å²) >= 11 is 0. The fourth-order valence-electron chi connectivity index (χ4n) is 1.39. The number of furan rings is 1. The lowest BCUT2D eigenvalue weighted by atomic mass is 10.3. The van der Waals surface area contributed by atoms with Gasteiger partial charge in [-0.05, 0) is 19.4 Å². The standard InChI is InChI=1S/C12H16N4O2/c1-3-6-13-11-14-10(9-5-7-17-8-9)15-12(16-11)18-4-2/h5,7-8H,3-4,6H2,1-2H3,(H,13,14,15,16). The van der Waals surface area contributed by atoms with Crippen LogP contribution in [-0.2, 0) is 0 Å². The second-order valence-electron chi connectivity index (χ2n) is 3.64. The van der Waals surface area contributed by atoms with E-state index in [-0.39, 0.29) is 0 Å². The van der Waals surface area contributed by atoms with E-state index in [9.17, 15) is 0 Å². The van der Waals surface area contributed by atoms with Crippen molar-refractivity contribution in [3.8, 4) is 17.4 Å². The maximum absolute atomic E-state index is 5.33. The molecule has 0 radical (unpaired) electrons. The third kappa shape index (κ3) is 2.97. The van der Waals surface area contributed by atoms with Gasteiger partial charge in [0.15, 0.2) is 5.82 Å². The Morgan fingerprint density at radius 1 is 1.28 bits per heavy atom. The largest absolute Gasteiger partial charge is 0.472 e. The first-order valence-corrected chi connectivity index (χ1v) is 5.98. The van der Waals surface area contributed by atoms with Crippen molar-refractivity contribution in [1.29, 1.82) is 0 Å². The van der Waals surface area contributed by atoms with Gasteiger partial charge in [-0.3, -0.25) is 0 Å². The molecule has 1 N–H and O–H groups in total. The Morgan fingerprint density at radius 3 is 2.83 bits per heavy atom. The molecule has 2 aromatic heterocycles. The minimum Gasteiger partial charge on any atom is -0.472 e. The quantitative estimate of drug-likeness (QED) is 0.846. The number of nitrogens with one attached hydrogen (secondary N) is 1. The molecular formula is C12H16N4O2. The number of hydrogen-bond acceptors (Lipinski definition) is 6. The lowest BCUT2D eigenvalue weighted by molar-refractivity contribution is 0.312. The molecule has 0 aliphatic rings. The van der Waals surface area contributed by atoms with Gasteiger partial charge in [-0.15, -0.1) is 0 Å². The van der Waals surface area contributed by atoms with E-state index in [2.05, 4.69) is 27.2 Å². The summed E-state index contributed by atoms with van der Waals surface area (Å²) in [6, 6.07) is 2.12. The van der Waals surface area contributed by atoms with Gasteiger partial charge in [0, 0.05) is 6.54 Å². The van der Waals surface area contributed by atoms with Crippen LogP contribution in [0.15, 0.2) is 23.0 Å². The monoisotopic (exact) mass is 248 g/mol. The van der Waals surface area contributed by atoms with E-state index in [4.69, 9.17) is 9.15 Å². The molecule has 0 fully saturated rings. The Balaban J connectivity index is 2.30. The van der Waals surface area contributed by atoms with E-state index >= 15 is 0 Å².